The smallest absolute Gasteiger partial charge is 0.226 e. The van der Waals surface area contributed by atoms with Crippen LogP contribution in [0, 0.1) is 0 Å². The topological polar surface area (TPSA) is 58.6 Å². The Balaban J connectivity index is 2.54. The molecule has 0 aromatic heterocycles. The molecule has 0 spiro atoms. The molecule has 0 fully saturated rings. The van der Waals surface area contributed by atoms with E-state index in [1.807, 2.05) is 6.92 Å². The lowest BCUT2D eigenvalue weighted by Crippen LogP contribution is -2.14. The fraction of sp³-hybridized carbons (Fsp3) is 0.417. The highest BCUT2D eigenvalue weighted by Gasteiger charge is 2.10. The summed E-state index contributed by atoms with van der Waals surface area (Å²) in [6, 6.07) is 2.84. The average molecular weight is 292 g/mol. The van der Waals surface area contributed by atoms with Gasteiger partial charge in [0.25, 0.3) is 0 Å². The van der Waals surface area contributed by atoms with Crippen molar-refractivity contribution in [3.8, 4) is 5.75 Å². The molecular weight excluding hydrogens is 277 g/mol. The van der Waals surface area contributed by atoms with Gasteiger partial charge in [-0.15, -0.1) is 0 Å². The number of carbonyl (C=O) groups excluding carboxylic acids is 1. The summed E-state index contributed by atoms with van der Waals surface area (Å²) >= 11 is 11.5. The van der Waals surface area contributed by atoms with E-state index in [1.54, 1.807) is 0 Å². The molecule has 0 unspecified atom stereocenters. The van der Waals surface area contributed by atoms with Crippen molar-refractivity contribution < 1.29 is 14.6 Å². The van der Waals surface area contributed by atoms with Gasteiger partial charge < -0.3 is 15.2 Å². The molecule has 0 saturated carbocycles. The molecule has 1 aromatic rings. The first-order valence-electron chi connectivity index (χ1n) is 5.60. The van der Waals surface area contributed by atoms with Crippen molar-refractivity contribution in [1.29, 1.82) is 0 Å². The molecule has 0 saturated heterocycles. The first kappa shape index (κ1) is 15.1. The SMILES string of the molecule is CCCOCCC(=O)Nc1cc(Cl)cc(Cl)c1O. The van der Waals surface area contributed by atoms with E-state index in [-0.39, 0.29) is 28.8 Å². The van der Waals surface area contributed by atoms with E-state index in [4.69, 9.17) is 27.9 Å². The molecule has 0 aliphatic rings. The van der Waals surface area contributed by atoms with Crippen LogP contribution in [0.15, 0.2) is 12.1 Å². The van der Waals surface area contributed by atoms with Gasteiger partial charge in [0.1, 0.15) is 0 Å². The molecule has 1 aromatic carbocycles. The molecule has 0 radical (unpaired) electrons. The summed E-state index contributed by atoms with van der Waals surface area (Å²) < 4.78 is 5.19. The zero-order valence-electron chi connectivity index (χ0n) is 10.0. The summed E-state index contributed by atoms with van der Waals surface area (Å²) in [7, 11) is 0. The van der Waals surface area contributed by atoms with E-state index in [0.717, 1.165) is 6.42 Å². The van der Waals surface area contributed by atoms with Crippen LogP contribution in [0.25, 0.3) is 0 Å². The maximum Gasteiger partial charge on any atom is 0.226 e. The molecule has 1 rings (SSSR count). The normalized spacial score (nSPS) is 10.4. The lowest BCUT2D eigenvalue weighted by atomic mass is 10.2. The van der Waals surface area contributed by atoms with Crippen LogP contribution in [-0.2, 0) is 9.53 Å². The number of amides is 1. The second-order valence-electron chi connectivity index (χ2n) is 3.69. The van der Waals surface area contributed by atoms with Gasteiger partial charge in [0, 0.05) is 11.6 Å². The third-order valence-corrected chi connectivity index (χ3v) is 2.63. The number of nitrogens with one attached hydrogen (secondary N) is 1. The average Bonchev–Trinajstić information content (AvgIpc) is 2.31. The van der Waals surface area contributed by atoms with Gasteiger partial charge in [-0.25, -0.2) is 0 Å². The minimum absolute atomic E-state index is 0.0973. The summed E-state index contributed by atoms with van der Waals surface area (Å²) in [5, 5.41) is 12.6. The molecule has 0 atom stereocenters. The van der Waals surface area contributed by atoms with E-state index in [9.17, 15) is 9.90 Å². The van der Waals surface area contributed by atoms with E-state index in [2.05, 4.69) is 5.32 Å². The molecule has 2 N–H and O–H groups in total. The number of carbonyl (C=O) groups is 1. The Kier molecular flexibility index (Phi) is 6.25. The number of halogens is 2. The standard InChI is InChI=1S/C12H15Cl2NO3/c1-2-4-18-5-3-11(16)15-10-7-8(13)6-9(14)12(10)17/h6-7,17H,2-5H2,1H3,(H,15,16). The van der Waals surface area contributed by atoms with E-state index >= 15 is 0 Å². The fourth-order valence-electron chi connectivity index (χ4n) is 1.29. The molecule has 100 valence electrons. The van der Waals surface area contributed by atoms with Crippen molar-refractivity contribution in [2.24, 2.45) is 0 Å². The maximum atomic E-state index is 11.6. The number of rotatable bonds is 6. The monoisotopic (exact) mass is 291 g/mol. The number of hydrogen-bond donors (Lipinski definition) is 2. The number of aromatic hydroxyl groups is 1. The quantitative estimate of drug-likeness (QED) is 0.623. The van der Waals surface area contributed by atoms with Crippen LogP contribution in [0.2, 0.25) is 10.0 Å². The van der Waals surface area contributed by atoms with Crippen molar-refractivity contribution in [2.75, 3.05) is 18.5 Å². The Hall–Kier alpha value is -0.970. The number of ether oxygens (including phenoxy) is 1. The number of benzene rings is 1. The zero-order chi connectivity index (χ0) is 13.5. The van der Waals surface area contributed by atoms with E-state index < -0.39 is 0 Å². The molecule has 0 bridgehead atoms. The van der Waals surface area contributed by atoms with Gasteiger partial charge in [-0.1, -0.05) is 30.1 Å². The Morgan fingerprint density at radius 2 is 2.11 bits per heavy atom. The molecular formula is C12H15Cl2NO3. The maximum absolute atomic E-state index is 11.6. The predicted octanol–water partition coefficient (Wildman–Crippen LogP) is 3.45. The Bertz CT molecular complexity index is 424. The zero-order valence-corrected chi connectivity index (χ0v) is 11.5. The van der Waals surface area contributed by atoms with Gasteiger partial charge in [0.2, 0.25) is 5.91 Å². The summed E-state index contributed by atoms with van der Waals surface area (Å²) in [4.78, 5) is 11.6. The molecule has 18 heavy (non-hydrogen) atoms. The van der Waals surface area contributed by atoms with E-state index in [0.29, 0.717) is 18.2 Å². The Labute approximate surface area is 116 Å². The Morgan fingerprint density at radius 3 is 2.78 bits per heavy atom. The third-order valence-electron chi connectivity index (χ3n) is 2.12. The molecule has 1 amide bonds. The number of hydrogen-bond acceptors (Lipinski definition) is 3. The summed E-state index contributed by atoms with van der Waals surface area (Å²) in [6.07, 6.45) is 1.12. The number of phenols is 1. The van der Waals surface area contributed by atoms with Crippen LogP contribution in [-0.4, -0.2) is 24.2 Å². The van der Waals surface area contributed by atoms with Crippen LogP contribution < -0.4 is 5.32 Å². The van der Waals surface area contributed by atoms with Crippen LogP contribution in [0.1, 0.15) is 19.8 Å². The molecule has 6 heteroatoms. The lowest BCUT2D eigenvalue weighted by molar-refractivity contribution is -0.117. The number of phenolic OH excluding ortho intramolecular Hbond substituents is 1. The third kappa shape index (κ3) is 4.72. The van der Waals surface area contributed by atoms with Gasteiger partial charge in [-0.05, 0) is 18.6 Å². The van der Waals surface area contributed by atoms with Crippen molar-refractivity contribution in [3.63, 3.8) is 0 Å². The van der Waals surface area contributed by atoms with Gasteiger partial charge >= 0.3 is 0 Å². The lowest BCUT2D eigenvalue weighted by Gasteiger charge is -2.09. The van der Waals surface area contributed by atoms with E-state index in [1.165, 1.54) is 12.1 Å². The molecule has 4 nitrogen and oxygen atoms in total. The summed E-state index contributed by atoms with van der Waals surface area (Å²) in [5.41, 5.74) is 0.202. The van der Waals surface area contributed by atoms with Gasteiger partial charge in [0.15, 0.2) is 5.75 Å². The van der Waals surface area contributed by atoms with Crippen molar-refractivity contribution in [1.82, 2.24) is 0 Å². The second-order valence-corrected chi connectivity index (χ2v) is 4.54. The van der Waals surface area contributed by atoms with Crippen molar-refractivity contribution in [3.05, 3.63) is 22.2 Å². The minimum atomic E-state index is -0.264. The van der Waals surface area contributed by atoms with Crippen LogP contribution in [0.3, 0.4) is 0 Å². The predicted molar refractivity (Wildman–Crippen MR) is 72.5 cm³/mol. The highest BCUT2D eigenvalue weighted by atomic mass is 35.5. The highest BCUT2D eigenvalue weighted by Crippen LogP contribution is 2.34. The van der Waals surface area contributed by atoms with Crippen molar-refractivity contribution >= 4 is 34.8 Å². The number of anilines is 1. The van der Waals surface area contributed by atoms with Crippen LogP contribution in [0.5, 0.6) is 5.75 Å². The van der Waals surface area contributed by atoms with Crippen LogP contribution in [0.4, 0.5) is 5.69 Å². The Morgan fingerprint density at radius 1 is 1.39 bits per heavy atom. The summed E-state index contributed by atoms with van der Waals surface area (Å²) in [6.45, 7) is 2.96. The van der Waals surface area contributed by atoms with Crippen LogP contribution >= 0.6 is 23.2 Å². The minimum Gasteiger partial charge on any atom is -0.504 e. The fourth-order valence-corrected chi connectivity index (χ4v) is 1.78. The van der Waals surface area contributed by atoms with Gasteiger partial charge in [-0.3, -0.25) is 4.79 Å². The molecule has 0 aliphatic heterocycles. The highest BCUT2D eigenvalue weighted by molar-refractivity contribution is 6.36. The van der Waals surface area contributed by atoms with Gasteiger partial charge in [-0.2, -0.15) is 0 Å². The molecule has 0 heterocycles. The second kappa shape index (κ2) is 7.46. The summed E-state index contributed by atoms with van der Waals surface area (Å²) in [5.74, 6) is -0.455. The largest absolute Gasteiger partial charge is 0.504 e. The van der Waals surface area contributed by atoms with Gasteiger partial charge in [0.05, 0.1) is 23.7 Å². The first-order valence-corrected chi connectivity index (χ1v) is 6.35. The van der Waals surface area contributed by atoms with Crippen molar-refractivity contribution in [2.45, 2.75) is 19.8 Å². The first-order chi connectivity index (χ1) is 8.54. The molecule has 0 aliphatic carbocycles.